The molecule has 0 saturated heterocycles. The Morgan fingerprint density at radius 3 is 2.62 bits per heavy atom. The molecule has 0 radical (unpaired) electrons. The molecule has 0 aliphatic rings. The molecule has 4 aromatic rings. The first-order valence-electron chi connectivity index (χ1n) is 7.21. The number of carbonyl (C=O) groups is 1. The van der Waals surface area contributed by atoms with Crippen molar-refractivity contribution in [1.82, 2.24) is 0 Å². The van der Waals surface area contributed by atoms with Gasteiger partial charge in [0.25, 0.3) is 5.91 Å². The van der Waals surface area contributed by atoms with Crippen LogP contribution in [0, 0.1) is 0 Å². The summed E-state index contributed by atoms with van der Waals surface area (Å²) in [6, 6.07) is 14.6. The van der Waals surface area contributed by atoms with Gasteiger partial charge >= 0.3 is 0 Å². The number of carbonyl (C=O) groups excluding carboxylic acids is 1. The van der Waals surface area contributed by atoms with Gasteiger partial charge in [0.05, 0.1) is 12.8 Å². The van der Waals surface area contributed by atoms with E-state index < -0.39 is 0 Å². The van der Waals surface area contributed by atoms with E-state index in [1.165, 1.54) is 0 Å². The van der Waals surface area contributed by atoms with Crippen LogP contribution >= 0.6 is 15.9 Å². The molecule has 24 heavy (non-hydrogen) atoms. The number of nitrogens with one attached hydrogen (secondary N) is 1. The number of ether oxygens (including phenoxy) is 1. The normalized spacial score (nSPS) is 11.1. The molecule has 1 amide bonds. The number of fused-ring (bicyclic) bond motifs is 3. The number of halogens is 1. The third kappa shape index (κ3) is 2.45. The molecule has 2 heterocycles. The summed E-state index contributed by atoms with van der Waals surface area (Å²) < 4.78 is 17.0. The summed E-state index contributed by atoms with van der Waals surface area (Å²) >= 11 is 3.18. The molecule has 0 bridgehead atoms. The van der Waals surface area contributed by atoms with Gasteiger partial charge in [-0.2, -0.15) is 0 Å². The van der Waals surface area contributed by atoms with Crippen molar-refractivity contribution in [2.45, 2.75) is 0 Å². The van der Waals surface area contributed by atoms with Crippen LogP contribution in [0.3, 0.4) is 0 Å². The molecule has 0 unspecified atom stereocenters. The van der Waals surface area contributed by atoms with Gasteiger partial charge in [0.1, 0.15) is 16.9 Å². The highest BCUT2D eigenvalue weighted by Gasteiger charge is 2.16. The zero-order valence-electron chi connectivity index (χ0n) is 12.6. The second kappa shape index (κ2) is 5.72. The van der Waals surface area contributed by atoms with Crippen molar-refractivity contribution in [3.05, 3.63) is 59.0 Å². The fourth-order valence-electron chi connectivity index (χ4n) is 2.64. The van der Waals surface area contributed by atoms with Crippen molar-refractivity contribution < 1.29 is 18.4 Å². The van der Waals surface area contributed by atoms with E-state index in [-0.39, 0.29) is 11.7 Å². The summed E-state index contributed by atoms with van der Waals surface area (Å²) in [5, 5.41) is 4.72. The lowest BCUT2D eigenvalue weighted by Crippen LogP contribution is -2.11. The Hall–Kier alpha value is -2.73. The predicted octanol–water partition coefficient (Wildman–Crippen LogP) is 5.20. The molecule has 0 aliphatic carbocycles. The summed E-state index contributed by atoms with van der Waals surface area (Å²) in [5.41, 5.74) is 1.97. The molecule has 2 aromatic heterocycles. The van der Waals surface area contributed by atoms with E-state index in [4.69, 9.17) is 13.6 Å². The predicted molar refractivity (Wildman–Crippen MR) is 94.6 cm³/mol. The van der Waals surface area contributed by atoms with E-state index in [0.717, 1.165) is 16.4 Å². The van der Waals surface area contributed by atoms with Crippen LogP contribution in [0.2, 0.25) is 0 Å². The summed E-state index contributed by atoms with van der Waals surface area (Å²) in [5.74, 6) is 0.385. The van der Waals surface area contributed by atoms with E-state index in [1.54, 1.807) is 25.3 Å². The average molecular weight is 386 g/mol. The minimum Gasteiger partial charge on any atom is -0.495 e. The molecule has 0 fully saturated rings. The molecule has 5 nitrogen and oxygen atoms in total. The Kier molecular flexibility index (Phi) is 3.54. The van der Waals surface area contributed by atoms with Gasteiger partial charge in [-0.25, -0.2) is 0 Å². The van der Waals surface area contributed by atoms with Crippen LogP contribution < -0.4 is 10.1 Å². The van der Waals surface area contributed by atoms with Gasteiger partial charge in [-0.05, 0) is 40.2 Å². The number of amides is 1. The number of hydrogen-bond acceptors (Lipinski definition) is 4. The molecular weight excluding hydrogens is 374 g/mol. The maximum absolute atomic E-state index is 12.3. The van der Waals surface area contributed by atoms with Crippen LogP contribution in [0.15, 0.2) is 62.0 Å². The van der Waals surface area contributed by atoms with E-state index in [0.29, 0.717) is 21.7 Å². The second-order valence-electron chi connectivity index (χ2n) is 5.20. The van der Waals surface area contributed by atoms with E-state index in [1.807, 2.05) is 30.3 Å². The zero-order valence-corrected chi connectivity index (χ0v) is 14.2. The minimum absolute atomic E-state index is 0.202. The standard InChI is InChI=1S/C18H12BrNO4/c1-22-16-8-11-10-4-2-3-5-13(10)23-15(11)9-12(16)20-18(21)14-6-7-17(19)24-14/h2-9H,1H3,(H,20,21). The van der Waals surface area contributed by atoms with Gasteiger partial charge in [0.2, 0.25) is 0 Å². The molecule has 0 spiro atoms. The molecular formula is C18H12BrNO4. The Labute approximate surface area is 145 Å². The molecule has 6 heteroatoms. The van der Waals surface area contributed by atoms with Gasteiger partial charge in [0.15, 0.2) is 10.4 Å². The number of rotatable bonds is 3. The second-order valence-corrected chi connectivity index (χ2v) is 5.99. The highest BCUT2D eigenvalue weighted by molar-refractivity contribution is 9.10. The van der Waals surface area contributed by atoms with Gasteiger partial charge in [-0.3, -0.25) is 4.79 Å². The first kappa shape index (κ1) is 14.8. The van der Waals surface area contributed by atoms with Crippen LogP contribution in [-0.2, 0) is 0 Å². The van der Waals surface area contributed by atoms with Crippen molar-refractivity contribution >= 4 is 49.5 Å². The molecule has 0 atom stereocenters. The number of anilines is 1. The van der Waals surface area contributed by atoms with Gasteiger partial charge in [-0.1, -0.05) is 18.2 Å². The molecule has 120 valence electrons. The Balaban J connectivity index is 1.79. The van der Waals surface area contributed by atoms with Crippen LogP contribution in [0.25, 0.3) is 21.9 Å². The smallest absolute Gasteiger partial charge is 0.291 e. The van der Waals surface area contributed by atoms with Crippen molar-refractivity contribution in [3.8, 4) is 5.75 Å². The van der Waals surface area contributed by atoms with Gasteiger partial charge < -0.3 is 18.9 Å². The maximum Gasteiger partial charge on any atom is 0.291 e. The molecule has 0 saturated carbocycles. The van der Waals surface area contributed by atoms with Crippen LogP contribution in [0.5, 0.6) is 5.75 Å². The monoisotopic (exact) mass is 385 g/mol. The first-order chi connectivity index (χ1) is 11.7. The highest BCUT2D eigenvalue weighted by Crippen LogP contribution is 2.36. The quantitative estimate of drug-likeness (QED) is 0.526. The fourth-order valence-corrected chi connectivity index (χ4v) is 2.94. The van der Waals surface area contributed by atoms with Crippen molar-refractivity contribution in [3.63, 3.8) is 0 Å². The van der Waals surface area contributed by atoms with Crippen molar-refractivity contribution in [2.75, 3.05) is 12.4 Å². The zero-order chi connectivity index (χ0) is 16.7. The van der Waals surface area contributed by atoms with E-state index in [9.17, 15) is 4.79 Å². The lowest BCUT2D eigenvalue weighted by molar-refractivity contribution is 0.0995. The maximum atomic E-state index is 12.3. The minimum atomic E-state index is -0.366. The number of furan rings is 2. The highest BCUT2D eigenvalue weighted by atomic mass is 79.9. The SMILES string of the molecule is COc1cc2c(cc1NC(=O)c1ccc(Br)o1)oc1ccccc12. The number of methoxy groups -OCH3 is 1. The average Bonchev–Trinajstić information content (AvgIpc) is 3.17. The van der Waals surface area contributed by atoms with Crippen molar-refractivity contribution in [1.29, 1.82) is 0 Å². The first-order valence-corrected chi connectivity index (χ1v) is 8.01. The molecule has 0 aliphatic heterocycles. The third-order valence-electron chi connectivity index (χ3n) is 3.74. The molecule has 1 N–H and O–H groups in total. The molecule has 2 aromatic carbocycles. The summed E-state index contributed by atoms with van der Waals surface area (Å²) in [4.78, 5) is 12.3. The van der Waals surface area contributed by atoms with Crippen LogP contribution in [0.1, 0.15) is 10.6 Å². The van der Waals surface area contributed by atoms with Crippen LogP contribution in [-0.4, -0.2) is 13.0 Å². The van der Waals surface area contributed by atoms with Crippen molar-refractivity contribution in [2.24, 2.45) is 0 Å². The number of para-hydroxylation sites is 1. The van der Waals surface area contributed by atoms with Gasteiger partial charge in [0, 0.05) is 16.8 Å². The lowest BCUT2D eigenvalue weighted by atomic mass is 10.1. The Bertz CT molecular complexity index is 1060. The third-order valence-corrected chi connectivity index (χ3v) is 4.17. The topological polar surface area (TPSA) is 64.6 Å². The fraction of sp³-hybridized carbons (Fsp3) is 0.0556. The number of hydrogen-bond donors (Lipinski definition) is 1. The lowest BCUT2D eigenvalue weighted by Gasteiger charge is -2.09. The van der Waals surface area contributed by atoms with Gasteiger partial charge in [-0.15, -0.1) is 0 Å². The Morgan fingerprint density at radius 1 is 1.04 bits per heavy atom. The molecule has 4 rings (SSSR count). The Morgan fingerprint density at radius 2 is 1.88 bits per heavy atom. The van der Waals surface area contributed by atoms with E-state index in [2.05, 4.69) is 21.2 Å². The summed E-state index contributed by atoms with van der Waals surface area (Å²) in [6.45, 7) is 0. The number of benzene rings is 2. The largest absolute Gasteiger partial charge is 0.495 e. The van der Waals surface area contributed by atoms with Crippen LogP contribution in [0.4, 0.5) is 5.69 Å². The van der Waals surface area contributed by atoms with E-state index >= 15 is 0 Å². The summed E-state index contributed by atoms with van der Waals surface area (Å²) in [7, 11) is 1.56. The summed E-state index contributed by atoms with van der Waals surface area (Å²) in [6.07, 6.45) is 0.